The number of hydrogen-bond donors (Lipinski definition) is 3. The number of urea groups is 1. The van der Waals surface area contributed by atoms with Crippen LogP contribution in [-0.2, 0) is 11.2 Å². The summed E-state index contributed by atoms with van der Waals surface area (Å²) in [5, 5.41) is 14.2. The predicted molar refractivity (Wildman–Crippen MR) is 79.1 cm³/mol. The van der Waals surface area contributed by atoms with Gasteiger partial charge in [0, 0.05) is 6.54 Å². The molecule has 1 aliphatic rings. The van der Waals surface area contributed by atoms with Crippen molar-refractivity contribution in [1.29, 1.82) is 0 Å². The molecule has 3 N–H and O–H groups in total. The van der Waals surface area contributed by atoms with Gasteiger partial charge in [0.1, 0.15) is 0 Å². The number of amides is 2. The van der Waals surface area contributed by atoms with E-state index in [-0.39, 0.29) is 12.5 Å². The molecule has 2 amide bonds. The zero-order valence-electron chi connectivity index (χ0n) is 12.1. The van der Waals surface area contributed by atoms with Crippen LogP contribution in [0.15, 0.2) is 18.3 Å². The molecule has 1 aromatic rings. The van der Waals surface area contributed by atoms with Crippen LogP contribution in [0.2, 0.25) is 0 Å². The van der Waals surface area contributed by atoms with Gasteiger partial charge in [0.05, 0.1) is 24.0 Å². The molecule has 2 atom stereocenters. The topological polar surface area (TPSA) is 91.3 Å². The van der Waals surface area contributed by atoms with Crippen LogP contribution in [0.3, 0.4) is 0 Å². The molecule has 0 spiro atoms. The second-order valence-electron chi connectivity index (χ2n) is 5.61. The Balaban J connectivity index is 1.78. The smallest absolute Gasteiger partial charge is 0.319 e. The molecule has 1 fully saturated rings. The van der Waals surface area contributed by atoms with E-state index >= 15 is 0 Å². The number of hydrogen-bond acceptors (Lipinski definition) is 3. The third-order valence-electron chi connectivity index (χ3n) is 3.98. The Bertz CT molecular complexity index is 501. The number of anilines is 1. The first kappa shape index (κ1) is 15.3. The maximum Gasteiger partial charge on any atom is 0.319 e. The van der Waals surface area contributed by atoms with Gasteiger partial charge in [-0.2, -0.15) is 0 Å². The standard InChI is InChI=1S/C15H21N3O3/c1-10-3-2-4-11(10)8-17-15(21)18-13-6-5-12(16-9-13)7-14(19)20/h5-6,9-11H,2-4,7-8H2,1H3,(H,19,20)(H2,17,18,21). The number of nitrogens with zero attached hydrogens (tertiary/aromatic N) is 1. The first-order valence-electron chi connectivity index (χ1n) is 7.26. The molecular weight excluding hydrogens is 270 g/mol. The van der Waals surface area contributed by atoms with Gasteiger partial charge in [-0.25, -0.2) is 4.79 Å². The third-order valence-corrected chi connectivity index (χ3v) is 3.98. The number of carbonyl (C=O) groups excluding carboxylic acids is 1. The number of carboxylic acids is 1. The summed E-state index contributed by atoms with van der Waals surface area (Å²) in [6, 6.07) is 3.01. The summed E-state index contributed by atoms with van der Waals surface area (Å²) in [5.74, 6) is 0.306. The first-order valence-corrected chi connectivity index (χ1v) is 7.26. The Hall–Kier alpha value is -2.11. The summed E-state index contributed by atoms with van der Waals surface area (Å²) in [7, 11) is 0. The predicted octanol–water partition coefficient (Wildman–Crippen LogP) is 2.27. The van der Waals surface area contributed by atoms with Gasteiger partial charge in [-0.05, 0) is 30.4 Å². The van der Waals surface area contributed by atoms with Crippen LogP contribution in [-0.4, -0.2) is 28.6 Å². The van der Waals surface area contributed by atoms with Gasteiger partial charge in [0.15, 0.2) is 0 Å². The monoisotopic (exact) mass is 291 g/mol. The Morgan fingerprint density at radius 1 is 1.38 bits per heavy atom. The average Bonchev–Trinajstić information content (AvgIpc) is 2.84. The number of nitrogens with one attached hydrogen (secondary N) is 2. The highest BCUT2D eigenvalue weighted by atomic mass is 16.4. The highest BCUT2D eigenvalue weighted by Gasteiger charge is 2.23. The van der Waals surface area contributed by atoms with Crippen LogP contribution in [0.25, 0.3) is 0 Å². The summed E-state index contributed by atoms with van der Waals surface area (Å²) < 4.78 is 0. The van der Waals surface area contributed by atoms with Crippen LogP contribution >= 0.6 is 0 Å². The maximum absolute atomic E-state index is 11.8. The molecule has 0 saturated heterocycles. The Labute approximate surface area is 124 Å². The van der Waals surface area contributed by atoms with E-state index in [0.717, 1.165) is 0 Å². The summed E-state index contributed by atoms with van der Waals surface area (Å²) in [4.78, 5) is 26.3. The molecule has 114 valence electrons. The Morgan fingerprint density at radius 3 is 2.76 bits per heavy atom. The average molecular weight is 291 g/mol. The van der Waals surface area contributed by atoms with Crippen molar-refractivity contribution in [1.82, 2.24) is 10.3 Å². The lowest BCUT2D eigenvalue weighted by molar-refractivity contribution is -0.136. The molecule has 0 aliphatic heterocycles. The zero-order valence-corrected chi connectivity index (χ0v) is 12.1. The molecule has 0 aromatic carbocycles. The van der Waals surface area contributed by atoms with E-state index in [4.69, 9.17) is 5.11 Å². The Kier molecular flexibility index (Phi) is 5.14. The summed E-state index contributed by atoms with van der Waals surface area (Å²) in [5.41, 5.74) is 1.02. The second-order valence-corrected chi connectivity index (χ2v) is 5.61. The normalized spacial score (nSPS) is 21.0. The van der Waals surface area contributed by atoms with E-state index in [1.165, 1.54) is 25.5 Å². The molecule has 21 heavy (non-hydrogen) atoms. The van der Waals surface area contributed by atoms with Crippen molar-refractivity contribution in [3.8, 4) is 0 Å². The van der Waals surface area contributed by atoms with Crippen molar-refractivity contribution in [2.24, 2.45) is 11.8 Å². The van der Waals surface area contributed by atoms with Crippen LogP contribution in [0.5, 0.6) is 0 Å². The fourth-order valence-electron chi connectivity index (χ4n) is 2.68. The van der Waals surface area contributed by atoms with E-state index in [1.807, 2.05) is 0 Å². The summed E-state index contributed by atoms with van der Waals surface area (Å²) in [6.45, 7) is 2.92. The van der Waals surface area contributed by atoms with Gasteiger partial charge < -0.3 is 15.7 Å². The van der Waals surface area contributed by atoms with E-state index in [0.29, 0.717) is 29.8 Å². The molecule has 2 rings (SSSR count). The number of carboxylic acid groups (broad SMARTS) is 1. The number of aliphatic carboxylic acids is 1. The van der Waals surface area contributed by atoms with Gasteiger partial charge in [-0.15, -0.1) is 0 Å². The van der Waals surface area contributed by atoms with Crippen LogP contribution in [0.1, 0.15) is 31.9 Å². The lowest BCUT2D eigenvalue weighted by Gasteiger charge is -2.16. The van der Waals surface area contributed by atoms with E-state index in [1.54, 1.807) is 12.1 Å². The lowest BCUT2D eigenvalue weighted by Crippen LogP contribution is -2.33. The van der Waals surface area contributed by atoms with Crippen molar-refractivity contribution in [3.63, 3.8) is 0 Å². The second kappa shape index (κ2) is 7.06. The molecule has 1 aromatic heterocycles. The minimum absolute atomic E-state index is 0.119. The number of carbonyl (C=O) groups is 2. The van der Waals surface area contributed by atoms with Crippen LogP contribution in [0, 0.1) is 11.8 Å². The van der Waals surface area contributed by atoms with E-state index < -0.39 is 5.97 Å². The van der Waals surface area contributed by atoms with Gasteiger partial charge >= 0.3 is 12.0 Å². The van der Waals surface area contributed by atoms with Gasteiger partial charge in [-0.1, -0.05) is 19.8 Å². The highest BCUT2D eigenvalue weighted by Crippen LogP contribution is 2.30. The molecule has 0 radical (unpaired) electrons. The molecule has 1 aliphatic carbocycles. The first-order chi connectivity index (χ1) is 10.0. The molecule has 6 heteroatoms. The molecule has 0 bridgehead atoms. The molecule has 1 saturated carbocycles. The van der Waals surface area contributed by atoms with Gasteiger partial charge in [0.25, 0.3) is 0 Å². The fourth-order valence-corrected chi connectivity index (χ4v) is 2.68. The molecule has 1 heterocycles. The van der Waals surface area contributed by atoms with Crippen LogP contribution < -0.4 is 10.6 Å². The highest BCUT2D eigenvalue weighted by molar-refractivity contribution is 5.89. The zero-order chi connectivity index (χ0) is 15.2. The minimum Gasteiger partial charge on any atom is -0.481 e. The summed E-state index contributed by atoms with van der Waals surface area (Å²) in [6.07, 6.45) is 5.00. The SMILES string of the molecule is CC1CCCC1CNC(=O)Nc1ccc(CC(=O)O)nc1. The van der Waals surface area contributed by atoms with E-state index in [2.05, 4.69) is 22.5 Å². The molecular formula is C15H21N3O3. The number of pyridine rings is 1. The van der Waals surface area contributed by atoms with Crippen molar-refractivity contribution in [2.75, 3.05) is 11.9 Å². The van der Waals surface area contributed by atoms with Gasteiger partial charge in [0.2, 0.25) is 0 Å². The van der Waals surface area contributed by atoms with Crippen molar-refractivity contribution >= 4 is 17.7 Å². The van der Waals surface area contributed by atoms with Crippen LogP contribution in [0.4, 0.5) is 10.5 Å². The third kappa shape index (κ3) is 4.73. The molecule has 6 nitrogen and oxygen atoms in total. The van der Waals surface area contributed by atoms with Crippen molar-refractivity contribution in [2.45, 2.75) is 32.6 Å². The lowest BCUT2D eigenvalue weighted by atomic mass is 9.98. The quantitative estimate of drug-likeness (QED) is 0.776. The summed E-state index contributed by atoms with van der Waals surface area (Å²) >= 11 is 0. The minimum atomic E-state index is -0.924. The molecule has 2 unspecified atom stereocenters. The largest absolute Gasteiger partial charge is 0.481 e. The van der Waals surface area contributed by atoms with Gasteiger partial charge in [-0.3, -0.25) is 9.78 Å². The van der Waals surface area contributed by atoms with Crippen molar-refractivity contribution < 1.29 is 14.7 Å². The number of rotatable bonds is 5. The number of aromatic nitrogens is 1. The Morgan fingerprint density at radius 2 is 2.19 bits per heavy atom. The fraction of sp³-hybridized carbons (Fsp3) is 0.533. The maximum atomic E-state index is 11.8. The van der Waals surface area contributed by atoms with Crippen molar-refractivity contribution in [3.05, 3.63) is 24.0 Å². The van der Waals surface area contributed by atoms with E-state index in [9.17, 15) is 9.59 Å².